The van der Waals surface area contributed by atoms with Crippen molar-refractivity contribution in [2.75, 3.05) is 4.90 Å². The number of anilines is 1. The second-order valence-electron chi connectivity index (χ2n) is 5.15. The normalized spacial score (nSPS) is 10.3. The molecule has 0 radical (unpaired) electrons. The SMILES string of the molecule is S=C(NCc1ccco1)N(Cc1ccccc1)c1ccccc1. The van der Waals surface area contributed by atoms with E-state index >= 15 is 0 Å². The Morgan fingerprint density at radius 3 is 2.26 bits per heavy atom. The molecule has 4 heteroatoms. The van der Waals surface area contributed by atoms with Gasteiger partial charge in [0.15, 0.2) is 5.11 Å². The summed E-state index contributed by atoms with van der Waals surface area (Å²) in [5.41, 5.74) is 2.27. The largest absolute Gasteiger partial charge is 0.467 e. The first-order valence-electron chi connectivity index (χ1n) is 7.49. The van der Waals surface area contributed by atoms with E-state index in [0.29, 0.717) is 11.7 Å². The molecule has 1 aromatic heterocycles. The molecule has 1 heterocycles. The second-order valence-corrected chi connectivity index (χ2v) is 5.53. The van der Waals surface area contributed by atoms with Crippen LogP contribution in [0.15, 0.2) is 83.5 Å². The van der Waals surface area contributed by atoms with Gasteiger partial charge in [0.25, 0.3) is 0 Å². The number of furan rings is 1. The highest BCUT2D eigenvalue weighted by Crippen LogP contribution is 2.17. The van der Waals surface area contributed by atoms with Crippen molar-refractivity contribution in [3.05, 3.63) is 90.4 Å². The Labute approximate surface area is 141 Å². The number of nitrogens with zero attached hydrogens (tertiary/aromatic N) is 1. The van der Waals surface area contributed by atoms with Gasteiger partial charge in [-0.15, -0.1) is 0 Å². The standard InChI is InChI=1S/C19H18N2OS/c23-19(20-14-18-12-7-13-22-18)21(17-10-5-2-6-11-17)15-16-8-3-1-4-9-16/h1-13H,14-15H2,(H,20,23). The van der Waals surface area contributed by atoms with Gasteiger partial charge in [-0.25, -0.2) is 0 Å². The van der Waals surface area contributed by atoms with E-state index < -0.39 is 0 Å². The van der Waals surface area contributed by atoms with Gasteiger partial charge in [0.05, 0.1) is 19.4 Å². The lowest BCUT2D eigenvalue weighted by molar-refractivity contribution is 0.503. The van der Waals surface area contributed by atoms with Crippen molar-refractivity contribution in [1.29, 1.82) is 0 Å². The maximum Gasteiger partial charge on any atom is 0.174 e. The number of para-hydroxylation sites is 1. The van der Waals surface area contributed by atoms with Crippen LogP contribution in [0.2, 0.25) is 0 Å². The van der Waals surface area contributed by atoms with Crippen LogP contribution >= 0.6 is 12.2 Å². The van der Waals surface area contributed by atoms with Crippen molar-refractivity contribution < 1.29 is 4.42 Å². The average molecular weight is 322 g/mol. The summed E-state index contributed by atoms with van der Waals surface area (Å²) >= 11 is 5.60. The average Bonchev–Trinajstić information content (AvgIpc) is 3.13. The molecule has 0 atom stereocenters. The van der Waals surface area contributed by atoms with E-state index in [-0.39, 0.29) is 0 Å². The van der Waals surface area contributed by atoms with Crippen LogP contribution < -0.4 is 10.2 Å². The summed E-state index contributed by atoms with van der Waals surface area (Å²) < 4.78 is 5.35. The highest BCUT2D eigenvalue weighted by molar-refractivity contribution is 7.80. The van der Waals surface area contributed by atoms with Crippen molar-refractivity contribution in [2.24, 2.45) is 0 Å². The molecule has 23 heavy (non-hydrogen) atoms. The molecule has 0 aliphatic rings. The Morgan fingerprint density at radius 1 is 0.913 bits per heavy atom. The first-order valence-corrected chi connectivity index (χ1v) is 7.90. The van der Waals surface area contributed by atoms with E-state index in [0.717, 1.165) is 18.0 Å². The molecule has 0 saturated carbocycles. The molecular weight excluding hydrogens is 304 g/mol. The van der Waals surface area contributed by atoms with Crippen molar-refractivity contribution in [3.63, 3.8) is 0 Å². The van der Waals surface area contributed by atoms with Crippen LogP contribution in [-0.4, -0.2) is 5.11 Å². The van der Waals surface area contributed by atoms with Crippen LogP contribution in [0.4, 0.5) is 5.69 Å². The van der Waals surface area contributed by atoms with Crippen molar-refractivity contribution in [3.8, 4) is 0 Å². The molecule has 0 amide bonds. The Balaban J connectivity index is 1.75. The Kier molecular flexibility index (Phi) is 5.06. The third-order valence-electron chi connectivity index (χ3n) is 3.49. The zero-order chi connectivity index (χ0) is 15.9. The van der Waals surface area contributed by atoms with Crippen LogP contribution in [0.3, 0.4) is 0 Å². The zero-order valence-electron chi connectivity index (χ0n) is 12.7. The van der Waals surface area contributed by atoms with E-state index in [1.807, 2.05) is 48.5 Å². The molecule has 0 saturated heterocycles. The van der Waals surface area contributed by atoms with Crippen LogP contribution in [-0.2, 0) is 13.1 Å². The Bertz CT molecular complexity index is 727. The highest BCUT2D eigenvalue weighted by Gasteiger charge is 2.12. The fourth-order valence-corrected chi connectivity index (χ4v) is 2.57. The molecule has 3 rings (SSSR count). The van der Waals surface area contributed by atoms with Gasteiger partial charge in [0.2, 0.25) is 0 Å². The summed E-state index contributed by atoms with van der Waals surface area (Å²) in [5, 5.41) is 3.94. The summed E-state index contributed by atoms with van der Waals surface area (Å²) in [6, 6.07) is 24.3. The smallest absolute Gasteiger partial charge is 0.174 e. The number of thiocarbonyl (C=S) groups is 1. The fraction of sp³-hybridized carbons (Fsp3) is 0.105. The molecule has 0 fully saturated rings. The van der Waals surface area contributed by atoms with Gasteiger partial charge < -0.3 is 14.6 Å². The van der Waals surface area contributed by atoms with Crippen molar-refractivity contribution >= 4 is 23.0 Å². The Morgan fingerprint density at radius 2 is 1.61 bits per heavy atom. The zero-order valence-corrected chi connectivity index (χ0v) is 13.5. The molecule has 3 aromatic rings. The molecular formula is C19H18N2OS. The second kappa shape index (κ2) is 7.61. The van der Waals surface area contributed by atoms with E-state index in [2.05, 4.69) is 34.5 Å². The predicted molar refractivity (Wildman–Crippen MR) is 97.2 cm³/mol. The molecule has 116 valence electrons. The van der Waals surface area contributed by atoms with Crippen molar-refractivity contribution in [2.45, 2.75) is 13.1 Å². The number of benzene rings is 2. The van der Waals surface area contributed by atoms with Crippen LogP contribution in [0.25, 0.3) is 0 Å². The molecule has 2 aromatic carbocycles. The van der Waals surface area contributed by atoms with E-state index in [1.165, 1.54) is 5.56 Å². The lowest BCUT2D eigenvalue weighted by Gasteiger charge is -2.26. The Hall–Kier alpha value is -2.59. The van der Waals surface area contributed by atoms with E-state index in [9.17, 15) is 0 Å². The summed E-state index contributed by atoms with van der Waals surface area (Å²) in [5.74, 6) is 0.861. The minimum Gasteiger partial charge on any atom is -0.467 e. The number of rotatable bonds is 5. The number of hydrogen-bond donors (Lipinski definition) is 1. The molecule has 3 nitrogen and oxygen atoms in total. The van der Waals surface area contributed by atoms with Gasteiger partial charge in [-0.05, 0) is 42.0 Å². The molecule has 0 unspecified atom stereocenters. The molecule has 0 spiro atoms. The maximum atomic E-state index is 5.60. The van der Waals surface area contributed by atoms with Gasteiger partial charge in [-0.1, -0.05) is 48.5 Å². The third kappa shape index (κ3) is 4.20. The molecule has 0 aliphatic carbocycles. The van der Waals surface area contributed by atoms with Gasteiger partial charge in [-0.2, -0.15) is 0 Å². The summed E-state index contributed by atoms with van der Waals surface area (Å²) in [4.78, 5) is 2.09. The van der Waals surface area contributed by atoms with Crippen LogP contribution in [0.1, 0.15) is 11.3 Å². The number of nitrogens with one attached hydrogen (secondary N) is 1. The third-order valence-corrected chi connectivity index (χ3v) is 3.86. The van der Waals surface area contributed by atoms with Gasteiger partial charge in [0.1, 0.15) is 5.76 Å². The number of hydrogen-bond acceptors (Lipinski definition) is 2. The quantitative estimate of drug-likeness (QED) is 0.707. The molecule has 0 aliphatic heterocycles. The van der Waals surface area contributed by atoms with Gasteiger partial charge >= 0.3 is 0 Å². The minimum absolute atomic E-state index is 0.573. The maximum absolute atomic E-state index is 5.60. The van der Waals surface area contributed by atoms with Crippen LogP contribution in [0, 0.1) is 0 Å². The minimum atomic E-state index is 0.573. The topological polar surface area (TPSA) is 28.4 Å². The lowest BCUT2D eigenvalue weighted by Crippen LogP contribution is -2.39. The first kappa shape index (κ1) is 15.3. The van der Waals surface area contributed by atoms with E-state index in [4.69, 9.17) is 16.6 Å². The monoisotopic (exact) mass is 322 g/mol. The molecule has 0 bridgehead atoms. The summed E-state index contributed by atoms with van der Waals surface area (Å²) in [6.07, 6.45) is 1.67. The van der Waals surface area contributed by atoms with E-state index in [1.54, 1.807) is 6.26 Å². The van der Waals surface area contributed by atoms with Gasteiger partial charge in [0, 0.05) is 5.69 Å². The van der Waals surface area contributed by atoms with Crippen molar-refractivity contribution in [1.82, 2.24) is 5.32 Å². The first-order chi connectivity index (χ1) is 11.3. The lowest BCUT2D eigenvalue weighted by atomic mass is 10.2. The fourth-order valence-electron chi connectivity index (χ4n) is 2.33. The predicted octanol–water partition coefficient (Wildman–Crippen LogP) is 4.36. The highest BCUT2D eigenvalue weighted by atomic mass is 32.1. The molecule has 1 N–H and O–H groups in total. The summed E-state index contributed by atoms with van der Waals surface area (Å²) in [6.45, 7) is 1.29. The van der Waals surface area contributed by atoms with Crippen LogP contribution in [0.5, 0.6) is 0 Å². The van der Waals surface area contributed by atoms with Gasteiger partial charge in [-0.3, -0.25) is 0 Å². The summed E-state index contributed by atoms with van der Waals surface area (Å²) in [7, 11) is 0.